The van der Waals surface area contributed by atoms with E-state index in [2.05, 4.69) is 136 Å². The Balaban J connectivity index is 0.000000256. The highest BCUT2D eigenvalue weighted by Gasteiger charge is 2.18. The van der Waals surface area contributed by atoms with Crippen LogP contribution in [-0.4, -0.2) is 44.4 Å². The van der Waals surface area contributed by atoms with Gasteiger partial charge in [0.2, 0.25) is 0 Å². The second kappa shape index (κ2) is 19.0. The molecule has 47 heavy (non-hydrogen) atoms. The van der Waals surface area contributed by atoms with Crippen LogP contribution in [0.3, 0.4) is 0 Å². The van der Waals surface area contributed by atoms with Crippen molar-refractivity contribution in [1.29, 1.82) is 0 Å². The summed E-state index contributed by atoms with van der Waals surface area (Å²) >= 11 is 14.7. The van der Waals surface area contributed by atoms with Crippen LogP contribution < -0.4 is 20.9 Å². The maximum atomic E-state index is 10.9. The van der Waals surface area contributed by atoms with Crippen molar-refractivity contribution in [2.75, 3.05) is 0 Å². The zero-order chi connectivity index (χ0) is 35.2. The fourth-order valence-electron chi connectivity index (χ4n) is 3.73. The number of aliphatic carboxylic acids is 2. The predicted octanol–water partition coefficient (Wildman–Crippen LogP) is 8.51. The van der Waals surface area contributed by atoms with Crippen molar-refractivity contribution in [3.8, 4) is 34.5 Å². The quantitative estimate of drug-likeness (QED) is 0.0842. The van der Waals surface area contributed by atoms with E-state index < -0.39 is 24.0 Å². The number of halogens is 7. The molecular formula is C30H23I7N2O8. The Morgan fingerprint density at radius 3 is 1.30 bits per heavy atom. The average Bonchev–Trinajstić information content (AvgIpc) is 2.97. The van der Waals surface area contributed by atoms with Crippen LogP contribution in [0.25, 0.3) is 0 Å². The number of ether oxygens (including phenoxy) is 2. The van der Waals surface area contributed by atoms with E-state index in [-0.39, 0.29) is 24.3 Å². The molecule has 17 heteroatoms. The van der Waals surface area contributed by atoms with Crippen LogP contribution in [0.15, 0.2) is 54.6 Å². The van der Waals surface area contributed by atoms with Crippen molar-refractivity contribution < 1.29 is 39.5 Å². The van der Waals surface area contributed by atoms with Gasteiger partial charge >= 0.3 is 11.9 Å². The number of hydrogen-bond acceptors (Lipinski definition) is 8. The molecule has 0 heterocycles. The summed E-state index contributed by atoms with van der Waals surface area (Å²) in [7, 11) is 0. The van der Waals surface area contributed by atoms with Crippen LogP contribution in [0.5, 0.6) is 34.5 Å². The van der Waals surface area contributed by atoms with Gasteiger partial charge in [0.25, 0.3) is 0 Å². The van der Waals surface area contributed by atoms with Gasteiger partial charge in [0.1, 0.15) is 35.1 Å². The summed E-state index contributed by atoms with van der Waals surface area (Å²) in [5.41, 5.74) is 12.9. The highest BCUT2D eigenvalue weighted by molar-refractivity contribution is 14.1. The van der Waals surface area contributed by atoms with E-state index in [9.17, 15) is 19.8 Å². The molecule has 0 aliphatic rings. The van der Waals surface area contributed by atoms with Crippen molar-refractivity contribution in [3.05, 3.63) is 90.7 Å². The fraction of sp³-hybridized carbons (Fsp3) is 0.133. The third kappa shape index (κ3) is 12.4. The molecule has 10 nitrogen and oxygen atoms in total. The van der Waals surface area contributed by atoms with Crippen LogP contribution in [0.2, 0.25) is 0 Å². The summed E-state index contributed by atoms with van der Waals surface area (Å²) < 4.78 is 17.5. The number of carboxylic acids is 2. The molecule has 0 amide bonds. The minimum absolute atomic E-state index is 0.209. The minimum Gasteiger partial charge on any atom is -0.507 e. The van der Waals surface area contributed by atoms with E-state index in [4.69, 9.17) is 31.2 Å². The van der Waals surface area contributed by atoms with Crippen molar-refractivity contribution in [1.82, 2.24) is 0 Å². The molecule has 0 saturated carbocycles. The van der Waals surface area contributed by atoms with Gasteiger partial charge in [-0.25, -0.2) is 0 Å². The molecule has 0 fully saturated rings. The molecule has 0 aromatic heterocycles. The fourth-order valence-corrected chi connectivity index (χ4v) is 10.2. The van der Waals surface area contributed by atoms with Crippen LogP contribution in [0.4, 0.5) is 0 Å². The Hall–Kier alpha value is 0.0500. The first-order valence-electron chi connectivity index (χ1n) is 12.9. The SMILES string of the molecule is N[C@@H](Cc1cc(I)c(Oc2cc(I)c(O)c(I)c2)c(I)c1)C(=O)O.N[C@@H](Cc1cc(I)c(Oc2ccc(O)c(I)c2)c(I)c1)C(=O)O. The smallest absolute Gasteiger partial charge is 0.320 e. The normalized spacial score (nSPS) is 12.0. The maximum absolute atomic E-state index is 10.9. The minimum atomic E-state index is -1.02. The molecule has 2 atom stereocenters. The lowest BCUT2D eigenvalue weighted by atomic mass is 10.1. The number of carboxylic acid groups (broad SMARTS) is 2. The molecule has 0 bridgehead atoms. The third-order valence-corrected chi connectivity index (χ3v) is 11.7. The molecule has 4 rings (SSSR count). The summed E-state index contributed by atoms with van der Waals surface area (Å²) in [6, 6.07) is 14.2. The number of benzene rings is 4. The first kappa shape index (κ1) is 41.5. The van der Waals surface area contributed by atoms with E-state index in [0.717, 1.165) is 25.4 Å². The van der Waals surface area contributed by atoms with Gasteiger partial charge in [-0.05, 0) is 237 Å². The van der Waals surface area contributed by atoms with Gasteiger partial charge in [-0.1, -0.05) is 0 Å². The van der Waals surface area contributed by atoms with Gasteiger partial charge in [-0.3, -0.25) is 9.59 Å². The van der Waals surface area contributed by atoms with E-state index in [0.29, 0.717) is 33.7 Å². The Labute approximate surface area is 365 Å². The number of aromatic hydroxyl groups is 2. The first-order valence-corrected chi connectivity index (χ1v) is 20.5. The Morgan fingerprint density at radius 1 is 0.574 bits per heavy atom. The molecule has 4 aromatic carbocycles. The number of phenolic OH excluding ortho intramolecular Hbond substituents is 2. The molecule has 0 aliphatic heterocycles. The molecule has 8 N–H and O–H groups in total. The molecule has 4 aromatic rings. The average molecular weight is 1430 g/mol. The predicted molar refractivity (Wildman–Crippen MR) is 237 cm³/mol. The Kier molecular flexibility index (Phi) is 16.8. The number of nitrogens with two attached hydrogens (primary N) is 2. The van der Waals surface area contributed by atoms with Gasteiger partial charge in [-0.15, -0.1) is 0 Å². The summed E-state index contributed by atoms with van der Waals surface area (Å²) in [4.78, 5) is 21.8. The lowest BCUT2D eigenvalue weighted by molar-refractivity contribution is -0.139. The number of phenols is 2. The van der Waals surface area contributed by atoms with Crippen LogP contribution in [0.1, 0.15) is 11.1 Å². The van der Waals surface area contributed by atoms with E-state index >= 15 is 0 Å². The number of carbonyl (C=O) groups is 2. The van der Waals surface area contributed by atoms with Crippen LogP contribution in [-0.2, 0) is 22.4 Å². The van der Waals surface area contributed by atoms with E-state index in [1.165, 1.54) is 0 Å². The first-order chi connectivity index (χ1) is 22.0. The summed E-state index contributed by atoms with van der Waals surface area (Å²) in [5.74, 6) is 1.06. The van der Waals surface area contributed by atoms with Crippen molar-refractivity contribution >= 4 is 170 Å². The molecule has 0 unspecified atom stereocenters. The second-order valence-electron chi connectivity index (χ2n) is 9.63. The Morgan fingerprint density at radius 2 is 0.936 bits per heavy atom. The monoisotopic (exact) mass is 1430 g/mol. The van der Waals surface area contributed by atoms with Gasteiger partial charge in [0.15, 0.2) is 11.5 Å². The van der Waals surface area contributed by atoms with Crippen molar-refractivity contribution in [2.45, 2.75) is 24.9 Å². The molecular weight excluding hydrogens is 1400 g/mol. The lowest BCUT2D eigenvalue weighted by Crippen LogP contribution is -2.32. The van der Waals surface area contributed by atoms with Gasteiger partial charge in [0.05, 0.1) is 25.0 Å². The van der Waals surface area contributed by atoms with E-state index in [1.54, 1.807) is 30.3 Å². The molecule has 0 saturated heterocycles. The standard InChI is InChI=1S/C15H11I4NO4.C15H12I3NO4/c16-8-4-7(5-9(17)13(8)21)24-14-10(18)1-6(2-11(14)19)3-12(20)15(22)23;16-9-6-8(1-2-13(9)20)23-14-10(17)3-7(4-11(14)18)5-12(19)15(21)22/h1-2,4-5,12,21H,3,20H2,(H,22,23);1-4,6,12,20H,5,19H2,(H,21,22)/t2*12-/m00/s1. The van der Waals surface area contributed by atoms with Gasteiger partial charge in [-0.2, -0.15) is 0 Å². The maximum Gasteiger partial charge on any atom is 0.320 e. The van der Waals surface area contributed by atoms with Crippen LogP contribution in [0, 0.1) is 25.0 Å². The van der Waals surface area contributed by atoms with Crippen molar-refractivity contribution in [2.24, 2.45) is 11.5 Å². The van der Waals surface area contributed by atoms with Gasteiger partial charge in [0, 0.05) is 0 Å². The summed E-state index contributed by atoms with van der Waals surface area (Å²) in [6.45, 7) is 0. The zero-order valence-electron chi connectivity index (χ0n) is 23.5. The second-order valence-corrected chi connectivity index (χ2v) is 17.8. The lowest BCUT2D eigenvalue weighted by Gasteiger charge is -2.14. The summed E-state index contributed by atoms with van der Waals surface area (Å²) in [6.07, 6.45) is 0.523. The summed E-state index contributed by atoms with van der Waals surface area (Å²) in [5, 5.41) is 37.2. The highest BCUT2D eigenvalue weighted by Crippen LogP contribution is 2.37. The zero-order valence-corrected chi connectivity index (χ0v) is 38.6. The largest absolute Gasteiger partial charge is 0.507 e. The Bertz CT molecular complexity index is 1740. The molecule has 0 aliphatic carbocycles. The highest BCUT2D eigenvalue weighted by atomic mass is 127. The molecule has 0 radical (unpaired) electrons. The number of hydrogen-bond donors (Lipinski definition) is 6. The molecule has 0 spiro atoms. The third-order valence-electron chi connectivity index (χ3n) is 6.01. The molecule has 250 valence electrons. The van der Waals surface area contributed by atoms with Crippen LogP contribution >= 0.6 is 158 Å². The van der Waals surface area contributed by atoms with E-state index in [1.807, 2.05) is 46.9 Å². The number of rotatable bonds is 10. The van der Waals surface area contributed by atoms with Crippen molar-refractivity contribution in [3.63, 3.8) is 0 Å². The van der Waals surface area contributed by atoms with Gasteiger partial charge < -0.3 is 41.4 Å². The topological polar surface area (TPSA) is 186 Å².